The van der Waals surface area contributed by atoms with Crippen LogP contribution in [0.4, 0.5) is 0 Å². The Bertz CT molecular complexity index is 298. The lowest BCUT2D eigenvalue weighted by atomic mass is 9.94. The van der Waals surface area contributed by atoms with Gasteiger partial charge in [0.05, 0.1) is 4.34 Å². The van der Waals surface area contributed by atoms with Gasteiger partial charge < -0.3 is 5.32 Å². The Hall–Kier alpha value is -0.0500. The average molecular weight is 260 g/mol. The predicted octanol–water partition coefficient (Wildman–Crippen LogP) is 4.36. The van der Waals surface area contributed by atoms with Crippen molar-refractivity contribution in [1.29, 1.82) is 0 Å². The summed E-state index contributed by atoms with van der Waals surface area (Å²) in [5, 5.41) is 3.59. The minimum absolute atomic E-state index is 0.583. The first kappa shape index (κ1) is 14.0. The fraction of sp³-hybridized carbons (Fsp3) is 0.692. The normalized spacial score (nSPS) is 15.0. The maximum absolute atomic E-state index is 5.96. The van der Waals surface area contributed by atoms with Gasteiger partial charge in [-0.25, -0.2) is 0 Å². The van der Waals surface area contributed by atoms with Gasteiger partial charge in [0.1, 0.15) is 0 Å². The van der Waals surface area contributed by atoms with Crippen LogP contribution >= 0.6 is 22.9 Å². The Morgan fingerprint density at radius 3 is 2.62 bits per heavy atom. The van der Waals surface area contributed by atoms with Crippen molar-refractivity contribution in [2.75, 3.05) is 6.54 Å². The molecule has 0 saturated carbocycles. The molecule has 1 N–H and O–H groups in total. The van der Waals surface area contributed by atoms with E-state index < -0.39 is 0 Å². The summed E-state index contributed by atoms with van der Waals surface area (Å²) < 4.78 is 0.897. The Balaban J connectivity index is 2.56. The van der Waals surface area contributed by atoms with Gasteiger partial charge in [0.25, 0.3) is 0 Å². The monoisotopic (exact) mass is 259 g/mol. The van der Waals surface area contributed by atoms with E-state index in [2.05, 4.69) is 32.2 Å². The van der Waals surface area contributed by atoms with Gasteiger partial charge in [0.15, 0.2) is 0 Å². The van der Waals surface area contributed by atoms with Crippen LogP contribution in [0.25, 0.3) is 0 Å². The van der Waals surface area contributed by atoms with Crippen molar-refractivity contribution in [3.63, 3.8) is 0 Å². The lowest BCUT2D eigenvalue weighted by molar-refractivity contribution is 0.359. The summed E-state index contributed by atoms with van der Waals surface area (Å²) in [6, 6.07) is 4.73. The van der Waals surface area contributed by atoms with Crippen molar-refractivity contribution in [2.24, 2.45) is 5.92 Å². The Morgan fingerprint density at radius 2 is 2.12 bits per heavy atom. The van der Waals surface area contributed by atoms with Crippen LogP contribution < -0.4 is 5.32 Å². The van der Waals surface area contributed by atoms with Gasteiger partial charge in [-0.1, -0.05) is 38.8 Å². The summed E-state index contributed by atoms with van der Waals surface area (Å²) in [5.74, 6) is 0.728. The third-order valence-corrected chi connectivity index (χ3v) is 4.20. The van der Waals surface area contributed by atoms with Gasteiger partial charge >= 0.3 is 0 Å². The van der Waals surface area contributed by atoms with Crippen molar-refractivity contribution in [3.05, 3.63) is 21.3 Å². The van der Waals surface area contributed by atoms with Crippen LogP contribution in [0.2, 0.25) is 4.34 Å². The molecule has 0 aromatic carbocycles. The second-order valence-corrected chi connectivity index (χ2v) is 6.14. The highest BCUT2D eigenvalue weighted by molar-refractivity contribution is 7.16. The van der Waals surface area contributed by atoms with Crippen LogP contribution in [0.3, 0.4) is 0 Å². The van der Waals surface area contributed by atoms with Crippen LogP contribution in [-0.2, 0) is 6.42 Å². The largest absolute Gasteiger partial charge is 0.314 e. The van der Waals surface area contributed by atoms with E-state index in [0.29, 0.717) is 6.04 Å². The van der Waals surface area contributed by atoms with Crippen molar-refractivity contribution in [1.82, 2.24) is 5.32 Å². The van der Waals surface area contributed by atoms with E-state index in [9.17, 15) is 0 Å². The van der Waals surface area contributed by atoms with E-state index in [-0.39, 0.29) is 0 Å². The molecule has 0 aliphatic heterocycles. The van der Waals surface area contributed by atoms with Crippen molar-refractivity contribution in [3.8, 4) is 0 Å². The summed E-state index contributed by atoms with van der Waals surface area (Å²) >= 11 is 7.66. The molecule has 1 aromatic heterocycles. The fourth-order valence-corrected chi connectivity index (χ4v) is 3.22. The van der Waals surface area contributed by atoms with Crippen LogP contribution in [0.5, 0.6) is 0 Å². The van der Waals surface area contributed by atoms with Gasteiger partial charge in [-0.05, 0) is 37.4 Å². The molecule has 2 unspecified atom stereocenters. The summed E-state index contributed by atoms with van der Waals surface area (Å²) in [6.07, 6.45) is 3.65. The first-order chi connectivity index (χ1) is 7.67. The third kappa shape index (κ3) is 4.44. The minimum atomic E-state index is 0.583. The van der Waals surface area contributed by atoms with Crippen LogP contribution in [0.1, 0.15) is 38.5 Å². The number of halogens is 1. The lowest BCUT2D eigenvalue weighted by Crippen LogP contribution is -2.36. The number of likely N-dealkylation sites (N-methyl/N-ethyl adjacent to an activating group) is 1. The van der Waals surface area contributed by atoms with Gasteiger partial charge in [-0.2, -0.15) is 0 Å². The van der Waals surface area contributed by atoms with Crippen LogP contribution in [0.15, 0.2) is 12.1 Å². The van der Waals surface area contributed by atoms with Gasteiger partial charge in [0, 0.05) is 10.9 Å². The maximum atomic E-state index is 5.96. The zero-order valence-electron chi connectivity index (χ0n) is 10.4. The van der Waals surface area contributed by atoms with Gasteiger partial charge in [-0.15, -0.1) is 11.3 Å². The minimum Gasteiger partial charge on any atom is -0.314 e. The first-order valence-corrected chi connectivity index (χ1v) is 7.34. The smallest absolute Gasteiger partial charge is 0.0931 e. The van der Waals surface area contributed by atoms with Crippen molar-refractivity contribution >= 4 is 22.9 Å². The van der Waals surface area contributed by atoms with Crippen molar-refractivity contribution in [2.45, 2.75) is 46.1 Å². The predicted molar refractivity (Wildman–Crippen MR) is 74.6 cm³/mol. The standard InChI is InChI=1S/C13H22ClNS/c1-4-6-10(3)12(15-5-2)9-11-7-8-13(14)16-11/h7-8,10,12,15H,4-6,9H2,1-3H3. The van der Waals surface area contributed by atoms with Crippen molar-refractivity contribution < 1.29 is 0 Å². The highest BCUT2D eigenvalue weighted by atomic mass is 35.5. The number of hydrogen-bond donors (Lipinski definition) is 1. The first-order valence-electron chi connectivity index (χ1n) is 6.15. The van der Waals surface area contributed by atoms with Crippen LogP contribution in [-0.4, -0.2) is 12.6 Å². The Labute approximate surface area is 108 Å². The van der Waals surface area contributed by atoms with E-state index in [0.717, 1.165) is 23.2 Å². The molecule has 1 rings (SSSR count). The summed E-state index contributed by atoms with van der Waals surface area (Å²) in [6.45, 7) is 7.80. The lowest BCUT2D eigenvalue weighted by Gasteiger charge is -2.24. The molecule has 1 nitrogen and oxygen atoms in total. The molecule has 0 amide bonds. The van der Waals surface area contributed by atoms with E-state index in [1.54, 1.807) is 11.3 Å². The van der Waals surface area contributed by atoms with Gasteiger partial charge in [-0.3, -0.25) is 0 Å². The zero-order valence-corrected chi connectivity index (χ0v) is 12.0. The highest BCUT2D eigenvalue weighted by Gasteiger charge is 2.16. The van der Waals surface area contributed by atoms with E-state index in [4.69, 9.17) is 11.6 Å². The molecule has 3 heteroatoms. The third-order valence-electron chi connectivity index (χ3n) is 2.95. The molecular formula is C13H22ClNS. The molecule has 0 aliphatic carbocycles. The number of rotatable bonds is 7. The summed E-state index contributed by atoms with van der Waals surface area (Å²) in [4.78, 5) is 1.39. The molecule has 16 heavy (non-hydrogen) atoms. The molecule has 1 heterocycles. The van der Waals surface area contributed by atoms with Gasteiger partial charge in [0.2, 0.25) is 0 Å². The Morgan fingerprint density at radius 1 is 1.38 bits per heavy atom. The molecule has 0 bridgehead atoms. The quantitative estimate of drug-likeness (QED) is 0.767. The molecule has 0 fully saturated rings. The molecule has 0 radical (unpaired) electrons. The molecular weight excluding hydrogens is 238 g/mol. The average Bonchev–Trinajstić information content (AvgIpc) is 2.64. The molecule has 0 saturated heterocycles. The van der Waals surface area contributed by atoms with E-state index in [1.807, 2.05) is 6.07 Å². The number of hydrogen-bond acceptors (Lipinski definition) is 2. The maximum Gasteiger partial charge on any atom is 0.0931 e. The second-order valence-electron chi connectivity index (χ2n) is 4.34. The number of thiophene rings is 1. The molecule has 0 aliphatic rings. The van der Waals surface area contributed by atoms with E-state index >= 15 is 0 Å². The summed E-state index contributed by atoms with van der Waals surface area (Å²) in [5.41, 5.74) is 0. The fourth-order valence-electron chi connectivity index (χ4n) is 2.07. The Kier molecular flexibility index (Phi) is 6.40. The molecule has 1 aromatic rings. The SMILES string of the molecule is CCCC(C)C(Cc1ccc(Cl)s1)NCC. The van der Waals surface area contributed by atoms with E-state index in [1.165, 1.54) is 17.7 Å². The topological polar surface area (TPSA) is 12.0 Å². The highest BCUT2D eigenvalue weighted by Crippen LogP contribution is 2.24. The zero-order chi connectivity index (χ0) is 12.0. The number of nitrogens with one attached hydrogen (secondary N) is 1. The summed E-state index contributed by atoms with van der Waals surface area (Å²) in [7, 11) is 0. The second kappa shape index (κ2) is 7.31. The molecule has 92 valence electrons. The molecule has 0 spiro atoms. The van der Waals surface area contributed by atoms with Crippen LogP contribution in [0, 0.1) is 5.92 Å². The molecule has 2 atom stereocenters.